The molecular weight excluding hydrogens is 285 g/mol. The Morgan fingerprint density at radius 2 is 2.05 bits per heavy atom. The van der Waals surface area contributed by atoms with Crippen molar-refractivity contribution < 1.29 is 4.79 Å². The van der Waals surface area contributed by atoms with E-state index in [0.717, 1.165) is 45.4 Å². The second kappa shape index (κ2) is 7.67. The molecule has 0 spiro atoms. The summed E-state index contributed by atoms with van der Waals surface area (Å²) in [5.74, 6) is 0.830. The van der Waals surface area contributed by atoms with Gasteiger partial charge in [0.05, 0.1) is 5.54 Å². The van der Waals surface area contributed by atoms with Gasteiger partial charge in [-0.3, -0.25) is 4.79 Å². The van der Waals surface area contributed by atoms with E-state index in [0.29, 0.717) is 5.92 Å². The minimum atomic E-state index is -0.482. The number of carbonyl (C=O) groups excluding carboxylic acids is 1. The zero-order chi connectivity index (χ0) is 12.5. The van der Waals surface area contributed by atoms with Crippen LogP contribution in [0.3, 0.4) is 0 Å². The van der Waals surface area contributed by atoms with Crippen molar-refractivity contribution in [1.29, 1.82) is 0 Å². The summed E-state index contributed by atoms with van der Waals surface area (Å²) in [6.45, 7) is 6.26. The maximum Gasteiger partial charge on any atom is 0.242 e. The summed E-state index contributed by atoms with van der Waals surface area (Å²) in [5, 5.41) is 0. The number of hydrogen-bond acceptors (Lipinski definition) is 3. The first-order valence-electron chi connectivity index (χ1n) is 6.82. The van der Waals surface area contributed by atoms with Crippen LogP contribution in [0.25, 0.3) is 0 Å². The molecule has 0 bridgehead atoms. The summed E-state index contributed by atoms with van der Waals surface area (Å²) >= 11 is 0. The third-order valence-corrected chi connectivity index (χ3v) is 3.96. The number of likely N-dealkylation sites (tertiary alicyclic amines) is 1. The Morgan fingerprint density at radius 3 is 2.58 bits per heavy atom. The first-order valence-corrected chi connectivity index (χ1v) is 6.82. The molecule has 1 aliphatic carbocycles. The molecule has 1 unspecified atom stereocenters. The molecule has 0 aromatic carbocycles. The van der Waals surface area contributed by atoms with Crippen molar-refractivity contribution >= 4 is 30.7 Å². The molecule has 2 rings (SSSR count). The SMILES string of the molecule is CCCN(C)CC1CCN(C(=O)C2(N)CC2)C1.Cl.Cl. The molecule has 2 N–H and O–H groups in total. The van der Waals surface area contributed by atoms with Crippen molar-refractivity contribution in [3.8, 4) is 0 Å². The predicted octanol–water partition coefficient (Wildman–Crippen LogP) is 1.51. The van der Waals surface area contributed by atoms with Crippen molar-refractivity contribution in [2.24, 2.45) is 11.7 Å². The van der Waals surface area contributed by atoms with E-state index in [1.807, 2.05) is 4.90 Å². The Labute approximate surface area is 128 Å². The van der Waals surface area contributed by atoms with E-state index in [-0.39, 0.29) is 30.7 Å². The maximum atomic E-state index is 12.1. The van der Waals surface area contributed by atoms with Crippen LogP contribution in [0.15, 0.2) is 0 Å². The van der Waals surface area contributed by atoms with Crippen LogP contribution in [-0.4, -0.2) is 54.5 Å². The van der Waals surface area contributed by atoms with Gasteiger partial charge in [0.25, 0.3) is 0 Å². The van der Waals surface area contributed by atoms with E-state index in [2.05, 4.69) is 18.9 Å². The third kappa shape index (κ3) is 4.78. The van der Waals surface area contributed by atoms with Crippen molar-refractivity contribution in [3.05, 3.63) is 0 Å². The zero-order valence-electron chi connectivity index (χ0n) is 11.9. The summed E-state index contributed by atoms with van der Waals surface area (Å²) in [5.41, 5.74) is 5.48. The zero-order valence-corrected chi connectivity index (χ0v) is 13.6. The van der Waals surface area contributed by atoms with E-state index in [1.54, 1.807) is 0 Å². The van der Waals surface area contributed by atoms with Gasteiger partial charge in [0, 0.05) is 19.6 Å². The van der Waals surface area contributed by atoms with Crippen LogP contribution in [0, 0.1) is 5.92 Å². The van der Waals surface area contributed by atoms with Gasteiger partial charge in [-0.15, -0.1) is 24.8 Å². The fourth-order valence-electron chi connectivity index (χ4n) is 2.74. The highest BCUT2D eigenvalue weighted by atomic mass is 35.5. The molecule has 4 nitrogen and oxygen atoms in total. The van der Waals surface area contributed by atoms with Crippen LogP contribution in [-0.2, 0) is 4.79 Å². The lowest BCUT2D eigenvalue weighted by Crippen LogP contribution is -2.44. The molecule has 2 fully saturated rings. The molecule has 0 aromatic rings. The molecular formula is C13H27Cl2N3O. The minimum Gasteiger partial charge on any atom is -0.341 e. The molecule has 1 amide bonds. The maximum absolute atomic E-state index is 12.1. The standard InChI is InChI=1S/C13H25N3O.2ClH/c1-3-7-15(2)9-11-4-8-16(10-11)12(17)13(14)5-6-13;;/h11H,3-10,14H2,1-2H3;2*1H. The van der Waals surface area contributed by atoms with Crippen molar-refractivity contribution in [2.45, 2.75) is 38.1 Å². The lowest BCUT2D eigenvalue weighted by molar-refractivity contribution is -0.132. The molecule has 0 radical (unpaired) electrons. The predicted molar refractivity (Wildman–Crippen MR) is 83.1 cm³/mol. The van der Waals surface area contributed by atoms with Crippen LogP contribution in [0.1, 0.15) is 32.6 Å². The molecule has 1 atom stereocenters. The Kier molecular flexibility index (Phi) is 7.66. The highest BCUT2D eigenvalue weighted by molar-refractivity contribution is 5.89. The Morgan fingerprint density at radius 1 is 1.42 bits per heavy atom. The van der Waals surface area contributed by atoms with E-state index in [1.165, 1.54) is 6.42 Å². The molecule has 1 aliphatic heterocycles. The van der Waals surface area contributed by atoms with Crippen molar-refractivity contribution in [2.75, 3.05) is 33.2 Å². The number of nitrogens with zero attached hydrogens (tertiary/aromatic N) is 2. The van der Waals surface area contributed by atoms with Gasteiger partial charge in [-0.05, 0) is 45.2 Å². The summed E-state index contributed by atoms with van der Waals surface area (Å²) in [6.07, 6.45) is 4.08. The molecule has 1 heterocycles. The minimum absolute atomic E-state index is 0. The third-order valence-electron chi connectivity index (χ3n) is 3.96. The van der Waals surface area contributed by atoms with Crippen molar-refractivity contribution in [3.63, 3.8) is 0 Å². The number of amides is 1. The fourth-order valence-corrected chi connectivity index (χ4v) is 2.74. The average Bonchev–Trinajstić information content (AvgIpc) is 2.87. The highest BCUT2D eigenvalue weighted by Gasteiger charge is 2.49. The van der Waals surface area contributed by atoms with Crippen LogP contribution >= 0.6 is 24.8 Å². The molecule has 6 heteroatoms. The van der Waals surface area contributed by atoms with Gasteiger partial charge < -0.3 is 15.5 Å². The van der Waals surface area contributed by atoms with E-state index < -0.39 is 5.54 Å². The molecule has 1 saturated carbocycles. The highest BCUT2D eigenvalue weighted by Crippen LogP contribution is 2.35. The molecule has 19 heavy (non-hydrogen) atoms. The Bertz CT molecular complexity index is 298. The lowest BCUT2D eigenvalue weighted by atomic mass is 10.1. The first kappa shape index (κ1) is 19.0. The number of nitrogens with two attached hydrogens (primary N) is 1. The Hall–Kier alpha value is -0.0300. The molecule has 1 saturated heterocycles. The normalized spacial score (nSPS) is 23.8. The van der Waals surface area contributed by atoms with E-state index in [9.17, 15) is 4.79 Å². The quantitative estimate of drug-likeness (QED) is 0.837. The van der Waals surface area contributed by atoms with Crippen LogP contribution in [0.5, 0.6) is 0 Å². The lowest BCUT2D eigenvalue weighted by Gasteiger charge is -2.22. The smallest absolute Gasteiger partial charge is 0.242 e. The Balaban J connectivity index is 0.00000162. The van der Waals surface area contributed by atoms with Crippen LogP contribution in [0.4, 0.5) is 0 Å². The summed E-state index contributed by atoms with van der Waals surface area (Å²) in [4.78, 5) is 16.4. The summed E-state index contributed by atoms with van der Waals surface area (Å²) in [7, 11) is 2.17. The first-order chi connectivity index (χ1) is 8.05. The van der Waals surface area contributed by atoms with Crippen LogP contribution < -0.4 is 5.73 Å². The number of halogens is 2. The number of carbonyl (C=O) groups is 1. The number of rotatable bonds is 5. The second-order valence-corrected chi connectivity index (χ2v) is 5.82. The fraction of sp³-hybridized carbons (Fsp3) is 0.923. The molecule has 114 valence electrons. The molecule has 2 aliphatic rings. The average molecular weight is 312 g/mol. The van der Waals surface area contributed by atoms with Gasteiger partial charge in [-0.25, -0.2) is 0 Å². The van der Waals surface area contributed by atoms with Gasteiger partial charge in [-0.2, -0.15) is 0 Å². The second-order valence-electron chi connectivity index (χ2n) is 5.82. The monoisotopic (exact) mass is 311 g/mol. The van der Waals surface area contributed by atoms with Gasteiger partial charge in [0.15, 0.2) is 0 Å². The van der Waals surface area contributed by atoms with Crippen LogP contribution in [0.2, 0.25) is 0 Å². The van der Waals surface area contributed by atoms with Gasteiger partial charge in [-0.1, -0.05) is 6.92 Å². The summed E-state index contributed by atoms with van der Waals surface area (Å²) < 4.78 is 0. The van der Waals surface area contributed by atoms with Crippen molar-refractivity contribution in [1.82, 2.24) is 9.80 Å². The van der Waals surface area contributed by atoms with Gasteiger partial charge in [0.1, 0.15) is 0 Å². The van der Waals surface area contributed by atoms with Gasteiger partial charge >= 0.3 is 0 Å². The van der Waals surface area contributed by atoms with E-state index >= 15 is 0 Å². The summed E-state index contributed by atoms with van der Waals surface area (Å²) in [6, 6.07) is 0. The number of hydrogen-bond donors (Lipinski definition) is 1. The topological polar surface area (TPSA) is 49.6 Å². The van der Waals surface area contributed by atoms with E-state index in [4.69, 9.17) is 5.73 Å². The molecule has 0 aromatic heterocycles. The van der Waals surface area contributed by atoms with Gasteiger partial charge in [0.2, 0.25) is 5.91 Å². The largest absolute Gasteiger partial charge is 0.341 e.